The number of H-pyrrole nitrogens is 1. The molecule has 0 saturated heterocycles. The Bertz CT molecular complexity index is 474. The summed E-state index contributed by atoms with van der Waals surface area (Å²) >= 11 is 4.02. The molecule has 5 heteroatoms. The van der Waals surface area contributed by atoms with E-state index in [9.17, 15) is 4.79 Å². The second-order valence-corrected chi connectivity index (χ2v) is 2.88. The molecule has 0 spiro atoms. The molecule has 2 aromatic rings. The van der Waals surface area contributed by atoms with Crippen LogP contribution in [-0.4, -0.2) is 10.9 Å². The van der Waals surface area contributed by atoms with Gasteiger partial charge in [-0.25, -0.2) is 4.79 Å². The topological polar surface area (TPSA) is 58.0 Å². The Labute approximate surface area is 79.4 Å². The number of thiol groups is 1. The van der Waals surface area contributed by atoms with Crippen LogP contribution in [0.5, 0.6) is 0 Å². The highest BCUT2D eigenvalue weighted by molar-refractivity contribution is 7.80. The molecular formula is C8H8N2O2S. The number of anilines is 1. The summed E-state index contributed by atoms with van der Waals surface area (Å²) in [5.74, 6) is 0.109. The highest BCUT2D eigenvalue weighted by atomic mass is 32.1. The molecule has 0 bridgehead atoms. The van der Waals surface area contributed by atoms with E-state index in [-0.39, 0.29) is 0 Å². The van der Waals surface area contributed by atoms with Crippen molar-refractivity contribution in [3.8, 4) is 0 Å². The number of oxazole rings is 1. The molecule has 0 amide bonds. The Balaban J connectivity index is 2.54. The Kier molecular flexibility index (Phi) is 2.02. The highest BCUT2D eigenvalue weighted by Gasteiger charge is 2.00. The van der Waals surface area contributed by atoms with Crippen LogP contribution in [0.1, 0.15) is 0 Å². The lowest BCUT2D eigenvalue weighted by Crippen LogP contribution is -1.93. The minimum absolute atomic E-state index is 0.432. The van der Waals surface area contributed by atoms with Crippen LogP contribution in [0.15, 0.2) is 27.4 Å². The molecule has 13 heavy (non-hydrogen) atoms. The smallest absolute Gasteiger partial charge is 0.408 e. The summed E-state index contributed by atoms with van der Waals surface area (Å²) in [4.78, 5) is 13.4. The van der Waals surface area contributed by atoms with Crippen LogP contribution >= 0.6 is 12.6 Å². The van der Waals surface area contributed by atoms with Crippen molar-refractivity contribution in [3.63, 3.8) is 0 Å². The van der Waals surface area contributed by atoms with Crippen molar-refractivity contribution >= 4 is 29.4 Å². The third-order valence-electron chi connectivity index (χ3n) is 1.70. The molecule has 0 saturated carbocycles. The van der Waals surface area contributed by atoms with Gasteiger partial charge < -0.3 is 9.73 Å². The van der Waals surface area contributed by atoms with Gasteiger partial charge in [0.05, 0.1) is 11.4 Å². The number of hydrogen-bond acceptors (Lipinski definition) is 4. The predicted octanol–water partition coefficient (Wildman–Crippen LogP) is 1.42. The maximum absolute atomic E-state index is 10.8. The quantitative estimate of drug-likeness (QED) is 0.503. The van der Waals surface area contributed by atoms with Crippen LogP contribution in [-0.2, 0) is 0 Å². The van der Waals surface area contributed by atoms with E-state index in [1.54, 1.807) is 12.1 Å². The second kappa shape index (κ2) is 3.18. The van der Waals surface area contributed by atoms with E-state index in [1.165, 1.54) is 0 Å². The molecule has 4 nitrogen and oxygen atoms in total. The number of rotatable bonds is 2. The third-order valence-corrected chi connectivity index (χ3v) is 1.86. The van der Waals surface area contributed by atoms with Gasteiger partial charge in [-0.2, -0.15) is 12.6 Å². The number of aromatic amines is 1. The Hall–Kier alpha value is -1.36. The molecule has 2 rings (SSSR count). The van der Waals surface area contributed by atoms with Crippen molar-refractivity contribution in [2.24, 2.45) is 0 Å². The average Bonchev–Trinajstić information content (AvgIpc) is 2.44. The molecule has 0 atom stereocenters. The summed E-state index contributed by atoms with van der Waals surface area (Å²) in [5.41, 5.74) is 2.14. The van der Waals surface area contributed by atoms with Crippen LogP contribution in [0.3, 0.4) is 0 Å². The van der Waals surface area contributed by atoms with Crippen LogP contribution in [0.2, 0.25) is 0 Å². The van der Waals surface area contributed by atoms with E-state index < -0.39 is 5.76 Å². The third kappa shape index (κ3) is 1.55. The lowest BCUT2D eigenvalue weighted by molar-refractivity contribution is 0.555. The van der Waals surface area contributed by atoms with Crippen LogP contribution in [0.4, 0.5) is 5.69 Å². The monoisotopic (exact) mass is 196 g/mol. The van der Waals surface area contributed by atoms with Gasteiger partial charge in [0.25, 0.3) is 0 Å². The Morgan fingerprint density at radius 3 is 3.15 bits per heavy atom. The van der Waals surface area contributed by atoms with Gasteiger partial charge in [-0.05, 0) is 12.1 Å². The minimum Gasteiger partial charge on any atom is -0.408 e. The summed E-state index contributed by atoms with van der Waals surface area (Å²) in [6.07, 6.45) is 0. The van der Waals surface area contributed by atoms with Gasteiger partial charge in [0.1, 0.15) is 0 Å². The lowest BCUT2D eigenvalue weighted by Gasteiger charge is -1.99. The van der Waals surface area contributed by atoms with Crippen molar-refractivity contribution < 1.29 is 4.42 Å². The predicted molar refractivity (Wildman–Crippen MR) is 54.3 cm³/mol. The fourth-order valence-corrected chi connectivity index (χ4v) is 1.33. The lowest BCUT2D eigenvalue weighted by atomic mass is 10.3. The summed E-state index contributed by atoms with van der Waals surface area (Å²) in [6, 6.07) is 5.39. The van der Waals surface area contributed by atoms with Gasteiger partial charge in [0.2, 0.25) is 0 Å². The van der Waals surface area contributed by atoms with Crippen molar-refractivity contribution in [1.29, 1.82) is 0 Å². The number of fused-ring (bicyclic) bond motifs is 1. The van der Waals surface area contributed by atoms with Crippen LogP contribution < -0.4 is 11.1 Å². The maximum Gasteiger partial charge on any atom is 0.417 e. The molecule has 1 aromatic heterocycles. The van der Waals surface area contributed by atoms with Crippen molar-refractivity contribution in [3.05, 3.63) is 28.7 Å². The molecule has 2 N–H and O–H groups in total. The zero-order valence-electron chi connectivity index (χ0n) is 6.70. The summed E-state index contributed by atoms with van der Waals surface area (Å²) < 4.78 is 4.88. The van der Waals surface area contributed by atoms with E-state index in [2.05, 4.69) is 22.9 Å². The molecule has 0 unspecified atom stereocenters. The zero-order chi connectivity index (χ0) is 9.26. The summed E-state index contributed by atoms with van der Waals surface area (Å²) in [5, 5.41) is 3.00. The number of aromatic nitrogens is 1. The maximum atomic E-state index is 10.8. The van der Waals surface area contributed by atoms with E-state index in [0.717, 1.165) is 5.69 Å². The van der Waals surface area contributed by atoms with Crippen molar-refractivity contribution in [2.45, 2.75) is 0 Å². The van der Waals surface area contributed by atoms with E-state index >= 15 is 0 Å². The Morgan fingerprint density at radius 2 is 2.38 bits per heavy atom. The van der Waals surface area contributed by atoms with E-state index in [1.807, 2.05) is 6.07 Å². The fourth-order valence-electron chi connectivity index (χ4n) is 1.15. The van der Waals surface area contributed by atoms with Crippen molar-refractivity contribution in [2.75, 3.05) is 11.2 Å². The van der Waals surface area contributed by atoms with Gasteiger partial charge in [-0.1, -0.05) is 0 Å². The highest BCUT2D eigenvalue weighted by Crippen LogP contribution is 2.15. The first-order chi connectivity index (χ1) is 6.29. The number of nitrogens with one attached hydrogen (secondary N) is 2. The number of hydrogen-bond donors (Lipinski definition) is 3. The SMILES string of the molecule is O=c1[nH]c2ccc(NCS)cc2o1. The molecule has 0 radical (unpaired) electrons. The summed E-state index contributed by atoms with van der Waals surface area (Å²) in [6.45, 7) is 0. The fraction of sp³-hybridized carbons (Fsp3) is 0.125. The largest absolute Gasteiger partial charge is 0.417 e. The molecule has 0 aliphatic rings. The van der Waals surface area contributed by atoms with Gasteiger partial charge in [0.15, 0.2) is 5.58 Å². The van der Waals surface area contributed by atoms with Gasteiger partial charge >= 0.3 is 5.76 Å². The molecule has 0 aliphatic carbocycles. The summed E-state index contributed by atoms with van der Waals surface area (Å²) in [7, 11) is 0. The first-order valence-electron chi connectivity index (χ1n) is 3.77. The molecule has 1 aromatic carbocycles. The van der Waals surface area contributed by atoms with Crippen molar-refractivity contribution in [1.82, 2.24) is 4.98 Å². The van der Waals surface area contributed by atoms with E-state index in [0.29, 0.717) is 17.0 Å². The average molecular weight is 196 g/mol. The molecule has 68 valence electrons. The molecular weight excluding hydrogens is 188 g/mol. The minimum atomic E-state index is -0.432. The molecule has 1 heterocycles. The van der Waals surface area contributed by atoms with Gasteiger partial charge in [-0.3, -0.25) is 4.98 Å². The van der Waals surface area contributed by atoms with E-state index in [4.69, 9.17) is 4.42 Å². The Morgan fingerprint density at radius 1 is 1.54 bits per heavy atom. The zero-order valence-corrected chi connectivity index (χ0v) is 7.60. The van der Waals surface area contributed by atoms with Gasteiger partial charge in [0, 0.05) is 11.8 Å². The molecule has 0 aliphatic heterocycles. The molecule has 0 fully saturated rings. The van der Waals surface area contributed by atoms with Gasteiger partial charge in [-0.15, -0.1) is 0 Å². The van der Waals surface area contributed by atoms with Crippen LogP contribution in [0.25, 0.3) is 11.1 Å². The second-order valence-electron chi connectivity index (χ2n) is 2.56. The standard InChI is InChI=1S/C8H8N2O2S/c11-8-10-6-2-1-5(9-4-13)3-7(6)12-8/h1-3,9,13H,4H2,(H,10,11). The van der Waals surface area contributed by atoms with Crippen LogP contribution in [0, 0.1) is 0 Å². The normalized spacial score (nSPS) is 10.5. The first kappa shape index (κ1) is 8.25. The number of benzene rings is 1. The first-order valence-corrected chi connectivity index (χ1v) is 4.40.